The zero-order chi connectivity index (χ0) is 14.7. The first-order valence-corrected chi connectivity index (χ1v) is 7.43. The average molecular weight is 320 g/mol. The molecule has 2 fully saturated rings. The molecule has 2 aliphatic heterocycles. The van der Waals surface area contributed by atoms with E-state index >= 15 is 0 Å². The summed E-state index contributed by atoms with van der Waals surface area (Å²) in [5, 5.41) is 3.22. The lowest BCUT2D eigenvalue weighted by molar-refractivity contribution is -0.145. The van der Waals surface area contributed by atoms with Crippen molar-refractivity contribution in [2.75, 3.05) is 39.3 Å². The van der Waals surface area contributed by atoms with E-state index in [0.717, 1.165) is 0 Å². The molecular formula is C14H26ClN3O3. The number of hydrogen-bond acceptors (Lipinski definition) is 4. The van der Waals surface area contributed by atoms with Gasteiger partial charge in [-0.1, -0.05) is 13.8 Å². The third-order valence-corrected chi connectivity index (χ3v) is 3.98. The first-order valence-electron chi connectivity index (χ1n) is 7.43. The number of carbonyl (C=O) groups is 2. The number of ether oxygens (including phenoxy) is 1. The van der Waals surface area contributed by atoms with Gasteiger partial charge in [0.1, 0.15) is 6.04 Å². The molecule has 0 bridgehead atoms. The van der Waals surface area contributed by atoms with Crippen LogP contribution in [0.15, 0.2) is 0 Å². The number of nitrogens with one attached hydrogen (secondary N) is 1. The SMILES string of the molecule is CC(C)C(=O)N1CCN(C(=O)[C@H]2NCCO[C@@H]2C)CC1.Cl. The summed E-state index contributed by atoms with van der Waals surface area (Å²) in [5.41, 5.74) is 0. The van der Waals surface area contributed by atoms with E-state index < -0.39 is 0 Å². The molecule has 2 saturated heterocycles. The Kier molecular flexibility index (Phi) is 6.90. The normalized spacial score (nSPS) is 26.5. The van der Waals surface area contributed by atoms with E-state index in [2.05, 4.69) is 5.32 Å². The third kappa shape index (κ3) is 4.31. The predicted octanol–water partition coefficient (Wildman–Crippen LogP) is 0.112. The maximum atomic E-state index is 12.5. The molecule has 2 amide bonds. The molecule has 0 aromatic rings. The Balaban J connectivity index is 0.00000220. The summed E-state index contributed by atoms with van der Waals surface area (Å²) < 4.78 is 5.52. The van der Waals surface area contributed by atoms with E-state index in [1.807, 2.05) is 30.6 Å². The van der Waals surface area contributed by atoms with Crippen molar-refractivity contribution in [1.82, 2.24) is 15.1 Å². The van der Waals surface area contributed by atoms with Gasteiger partial charge in [0.15, 0.2) is 0 Å². The minimum absolute atomic E-state index is 0. The molecular weight excluding hydrogens is 294 g/mol. The molecule has 7 heteroatoms. The maximum Gasteiger partial charge on any atom is 0.242 e. The van der Waals surface area contributed by atoms with Gasteiger partial charge in [0.05, 0.1) is 12.7 Å². The van der Waals surface area contributed by atoms with Crippen molar-refractivity contribution in [3.05, 3.63) is 0 Å². The first-order chi connectivity index (χ1) is 9.50. The molecule has 0 aromatic heterocycles. The number of halogens is 1. The number of hydrogen-bond donors (Lipinski definition) is 1. The molecule has 1 N–H and O–H groups in total. The monoisotopic (exact) mass is 319 g/mol. The van der Waals surface area contributed by atoms with Crippen molar-refractivity contribution in [2.24, 2.45) is 5.92 Å². The summed E-state index contributed by atoms with van der Waals surface area (Å²) >= 11 is 0. The van der Waals surface area contributed by atoms with E-state index in [-0.39, 0.29) is 42.3 Å². The Labute approximate surface area is 132 Å². The van der Waals surface area contributed by atoms with Gasteiger partial charge in [-0.25, -0.2) is 0 Å². The summed E-state index contributed by atoms with van der Waals surface area (Å²) in [7, 11) is 0. The predicted molar refractivity (Wildman–Crippen MR) is 82.5 cm³/mol. The molecule has 122 valence electrons. The summed E-state index contributed by atoms with van der Waals surface area (Å²) in [6.07, 6.45) is -0.0911. The highest BCUT2D eigenvalue weighted by Gasteiger charge is 2.34. The van der Waals surface area contributed by atoms with Gasteiger partial charge in [0.25, 0.3) is 0 Å². The Morgan fingerprint density at radius 1 is 1.14 bits per heavy atom. The van der Waals surface area contributed by atoms with Crippen LogP contribution in [-0.2, 0) is 14.3 Å². The second kappa shape index (κ2) is 7.96. The highest BCUT2D eigenvalue weighted by atomic mass is 35.5. The molecule has 0 spiro atoms. The van der Waals surface area contributed by atoms with E-state index in [4.69, 9.17) is 4.74 Å². The molecule has 6 nitrogen and oxygen atoms in total. The van der Waals surface area contributed by atoms with Crippen LogP contribution in [0.2, 0.25) is 0 Å². The lowest BCUT2D eigenvalue weighted by Crippen LogP contribution is -2.60. The van der Waals surface area contributed by atoms with Crippen LogP contribution in [0.1, 0.15) is 20.8 Å². The smallest absolute Gasteiger partial charge is 0.242 e. The van der Waals surface area contributed by atoms with Crippen LogP contribution in [0, 0.1) is 5.92 Å². The number of morpholine rings is 1. The minimum atomic E-state index is -0.254. The molecule has 2 atom stereocenters. The molecule has 0 unspecified atom stereocenters. The molecule has 2 rings (SSSR count). The Bertz CT molecular complexity index is 370. The summed E-state index contributed by atoms with van der Waals surface area (Å²) in [6.45, 7) is 9.59. The van der Waals surface area contributed by atoms with Gasteiger partial charge in [-0.2, -0.15) is 0 Å². The third-order valence-electron chi connectivity index (χ3n) is 3.98. The zero-order valence-corrected chi connectivity index (χ0v) is 13.8. The molecule has 0 radical (unpaired) electrons. The quantitative estimate of drug-likeness (QED) is 0.785. The molecule has 21 heavy (non-hydrogen) atoms. The van der Waals surface area contributed by atoms with Crippen LogP contribution in [-0.4, -0.2) is 73.1 Å². The number of piperazine rings is 1. The second-order valence-electron chi connectivity index (χ2n) is 5.81. The lowest BCUT2D eigenvalue weighted by Gasteiger charge is -2.39. The van der Waals surface area contributed by atoms with Crippen molar-refractivity contribution in [3.8, 4) is 0 Å². The van der Waals surface area contributed by atoms with Crippen molar-refractivity contribution in [3.63, 3.8) is 0 Å². The largest absolute Gasteiger partial charge is 0.375 e. The number of rotatable bonds is 2. The highest BCUT2D eigenvalue weighted by Crippen LogP contribution is 2.12. The molecule has 0 aliphatic carbocycles. The van der Waals surface area contributed by atoms with Crippen LogP contribution in [0.3, 0.4) is 0 Å². The lowest BCUT2D eigenvalue weighted by atomic mass is 10.1. The number of nitrogens with zero attached hydrogens (tertiary/aromatic N) is 2. The second-order valence-corrected chi connectivity index (χ2v) is 5.81. The van der Waals surface area contributed by atoms with E-state index in [1.54, 1.807) is 0 Å². The van der Waals surface area contributed by atoms with Crippen LogP contribution in [0.5, 0.6) is 0 Å². The van der Waals surface area contributed by atoms with Crippen molar-refractivity contribution in [1.29, 1.82) is 0 Å². The number of carbonyl (C=O) groups excluding carboxylic acids is 2. The van der Waals surface area contributed by atoms with E-state index in [1.165, 1.54) is 0 Å². The van der Waals surface area contributed by atoms with Gasteiger partial charge in [0, 0.05) is 38.6 Å². The van der Waals surface area contributed by atoms with Gasteiger partial charge < -0.3 is 19.9 Å². The summed E-state index contributed by atoms with van der Waals surface area (Å²) in [5.74, 6) is 0.282. The minimum Gasteiger partial charge on any atom is -0.375 e. The highest BCUT2D eigenvalue weighted by molar-refractivity contribution is 5.85. The van der Waals surface area contributed by atoms with Gasteiger partial charge in [0.2, 0.25) is 11.8 Å². The molecule has 2 heterocycles. The Morgan fingerprint density at radius 3 is 2.24 bits per heavy atom. The Hall–Kier alpha value is -0.850. The fourth-order valence-electron chi connectivity index (χ4n) is 2.72. The fourth-order valence-corrected chi connectivity index (χ4v) is 2.72. The summed E-state index contributed by atoms with van der Waals surface area (Å²) in [6, 6.07) is -0.254. The molecule has 0 aromatic carbocycles. The van der Waals surface area contributed by atoms with Crippen LogP contribution in [0.4, 0.5) is 0 Å². The van der Waals surface area contributed by atoms with Gasteiger partial charge in [-0.05, 0) is 6.92 Å². The van der Waals surface area contributed by atoms with Crippen LogP contribution >= 0.6 is 12.4 Å². The Morgan fingerprint density at radius 2 is 1.71 bits per heavy atom. The fraction of sp³-hybridized carbons (Fsp3) is 0.857. The molecule has 2 aliphatic rings. The summed E-state index contributed by atoms with van der Waals surface area (Å²) in [4.78, 5) is 28.1. The maximum absolute atomic E-state index is 12.5. The molecule has 0 saturated carbocycles. The first kappa shape index (κ1) is 18.2. The van der Waals surface area contributed by atoms with E-state index in [0.29, 0.717) is 39.3 Å². The van der Waals surface area contributed by atoms with Crippen molar-refractivity contribution < 1.29 is 14.3 Å². The van der Waals surface area contributed by atoms with Crippen LogP contribution in [0.25, 0.3) is 0 Å². The van der Waals surface area contributed by atoms with Gasteiger partial charge in [-0.15, -0.1) is 12.4 Å². The van der Waals surface area contributed by atoms with Gasteiger partial charge in [-0.3, -0.25) is 9.59 Å². The van der Waals surface area contributed by atoms with Gasteiger partial charge >= 0.3 is 0 Å². The average Bonchev–Trinajstić information content (AvgIpc) is 2.46. The van der Waals surface area contributed by atoms with Crippen LogP contribution < -0.4 is 5.32 Å². The standard InChI is InChI=1S/C14H25N3O3.ClH/c1-10(2)13(18)16-5-7-17(8-6-16)14(19)12-11(3)20-9-4-15-12;/h10-12,15H,4-9H2,1-3H3;1H/t11-,12+;/m1./s1. The van der Waals surface area contributed by atoms with E-state index in [9.17, 15) is 9.59 Å². The van der Waals surface area contributed by atoms with Crippen molar-refractivity contribution in [2.45, 2.75) is 32.9 Å². The topological polar surface area (TPSA) is 61.9 Å². The number of amides is 2. The zero-order valence-electron chi connectivity index (χ0n) is 13.0. The van der Waals surface area contributed by atoms with Crippen molar-refractivity contribution >= 4 is 24.2 Å².